The molecule has 2 aliphatic heterocycles. The number of carboxylic acids is 1. The lowest BCUT2D eigenvalue weighted by Gasteiger charge is -2.30. The van der Waals surface area contributed by atoms with Crippen LogP contribution in [0.25, 0.3) is 0 Å². The molecule has 1 fully saturated rings. The lowest BCUT2D eigenvalue weighted by Crippen LogP contribution is -2.31. The summed E-state index contributed by atoms with van der Waals surface area (Å²) in [5.74, 6) is 0.519. The Balaban J connectivity index is 1.60. The molecule has 0 aliphatic carbocycles. The second kappa shape index (κ2) is 13.4. The molecule has 11 nitrogen and oxygen atoms in total. The van der Waals surface area contributed by atoms with Gasteiger partial charge in [0.25, 0.3) is 11.8 Å². The molecule has 42 heavy (non-hydrogen) atoms. The lowest BCUT2D eigenvalue weighted by molar-refractivity contribution is -0.137. The van der Waals surface area contributed by atoms with Crippen molar-refractivity contribution in [2.45, 2.75) is 78.7 Å². The number of carbonyl (C=O) groups excluding carboxylic acids is 1. The van der Waals surface area contributed by atoms with Gasteiger partial charge in [0.15, 0.2) is 5.78 Å². The van der Waals surface area contributed by atoms with Crippen molar-refractivity contribution in [3.8, 4) is 17.5 Å². The molecular weight excluding hydrogens is 538 g/mol. The number of ketones is 1. The number of nitrogens with zero attached hydrogens (tertiary/aromatic N) is 4. The highest BCUT2D eigenvalue weighted by atomic mass is 16.5. The number of Topliss-reactive ketones (excluding diaryl/α,β-unsaturated/α-hetero) is 1. The van der Waals surface area contributed by atoms with E-state index >= 15 is 0 Å². The molecule has 0 amide bonds. The van der Waals surface area contributed by atoms with Crippen molar-refractivity contribution >= 4 is 23.3 Å². The van der Waals surface area contributed by atoms with Crippen molar-refractivity contribution in [1.29, 1.82) is 5.41 Å². The molecule has 1 aromatic heterocycles. The fourth-order valence-electron chi connectivity index (χ4n) is 5.24. The highest BCUT2D eigenvalue weighted by molar-refractivity contribution is 6.04. The molecule has 2 aromatic rings. The van der Waals surface area contributed by atoms with Crippen molar-refractivity contribution in [1.82, 2.24) is 14.9 Å². The zero-order valence-electron chi connectivity index (χ0n) is 25.4. The summed E-state index contributed by atoms with van der Waals surface area (Å²) in [7, 11) is 0. The minimum atomic E-state index is -0.809. The number of amidine groups is 1. The van der Waals surface area contributed by atoms with Crippen LogP contribution in [0.5, 0.6) is 17.5 Å². The highest BCUT2D eigenvalue weighted by Gasteiger charge is 2.33. The summed E-state index contributed by atoms with van der Waals surface area (Å²) in [6.45, 7) is 13.2. The molecule has 3 heterocycles. The van der Waals surface area contributed by atoms with E-state index in [9.17, 15) is 9.59 Å². The third-order valence-electron chi connectivity index (χ3n) is 7.36. The largest absolute Gasteiger partial charge is 0.491 e. The fraction of sp³-hybridized carbons (Fsp3) is 0.581. The minimum Gasteiger partial charge on any atom is -0.491 e. The van der Waals surface area contributed by atoms with Gasteiger partial charge in [0.2, 0.25) is 0 Å². The van der Waals surface area contributed by atoms with Gasteiger partial charge < -0.3 is 29.1 Å². The number of carboxylic acid groups (broad SMARTS) is 1. The summed E-state index contributed by atoms with van der Waals surface area (Å²) in [6.07, 6.45) is 3.42. The number of nitrogens with one attached hydrogen (secondary N) is 1. The number of hydrogen-bond acceptors (Lipinski definition) is 9. The van der Waals surface area contributed by atoms with Crippen LogP contribution in [0.3, 0.4) is 0 Å². The Hall–Kier alpha value is -3.89. The van der Waals surface area contributed by atoms with Gasteiger partial charge in [-0.3, -0.25) is 15.0 Å². The number of aromatic nitrogens is 2. The summed E-state index contributed by atoms with van der Waals surface area (Å²) in [5, 5.41) is 17.7. The molecule has 0 saturated carbocycles. The van der Waals surface area contributed by atoms with Crippen molar-refractivity contribution in [3.63, 3.8) is 0 Å². The topological polar surface area (TPSA) is 138 Å². The fourth-order valence-corrected chi connectivity index (χ4v) is 5.24. The first-order chi connectivity index (χ1) is 20.0. The van der Waals surface area contributed by atoms with Crippen LogP contribution in [0.15, 0.2) is 12.1 Å². The summed E-state index contributed by atoms with van der Waals surface area (Å²) < 4.78 is 17.6. The van der Waals surface area contributed by atoms with Gasteiger partial charge in [-0.05, 0) is 57.1 Å². The van der Waals surface area contributed by atoms with Crippen LogP contribution < -0.4 is 19.1 Å². The summed E-state index contributed by atoms with van der Waals surface area (Å²) in [5.41, 5.74) is 3.06. The predicted molar refractivity (Wildman–Crippen MR) is 160 cm³/mol. The smallest absolute Gasteiger partial charge is 0.303 e. The Bertz CT molecular complexity index is 1320. The number of fused-ring (bicyclic) bond motifs is 1. The molecule has 228 valence electrons. The molecule has 0 bridgehead atoms. The van der Waals surface area contributed by atoms with Crippen molar-refractivity contribution in [2.24, 2.45) is 0 Å². The molecular formula is C31H43N5O6. The van der Waals surface area contributed by atoms with Gasteiger partial charge in [0.1, 0.15) is 17.3 Å². The molecule has 0 unspecified atom stereocenters. The van der Waals surface area contributed by atoms with Crippen LogP contribution in [-0.2, 0) is 16.8 Å². The van der Waals surface area contributed by atoms with Gasteiger partial charge in [-0.25, -0.2) is 9.97 Å². The first kappa shape index (κ1) is 31.1. The second-order valence-electron chi connectivity index (χ2n) is 11.6. The number of aliphatic carboxylic acids is 1. The van der Waals surface area contributed by atoms with Gasteiger partial charge in [-0.1, -0.05) is 20.8 Å². The molecule has 2 N–H and O–H groups in total. The summed E-state index contributed by atoms with van der Waals surface area (Å²) in [6, 6.07) is 3.83. The van der Waals surface area contributed by atoms with Crippen LogP contribution in [-0.4, -0.2) is 77.0 Å². The number of unbranched alkanes of at least 4 members (excludes halogenated alkanes) is 1. The normalized spacial score (nSPS) is 14.7. The van der Waals surface area contributed by atoms with E-state index in [1.807, 2.05) is 26.0 Å². The number of benzene rings is 1. The maximum absolute atomic E-state index is 13.8. The van der Waals surface area contributed by atoms with Crippen LogP contribution >= 0.6 is 0 Å². The van der Waals surface area contributed by atoms with Crippen LogP contribution in [0.2, 0.25) is 0 Å². The van der Waals surface area contributed by atoms with E-state index in [-0.39, 0.29) is 42.4 Å². The average Bonchev–Trinajstić information content (AvgIpc) is 3.57. The van der Waals surface area contributed by atoms with Crippen molar-refractivity contribution in [2.75, 3.05) is 44.4 Å². The molecule has 1 saturated heterocycles. The monoisotopic (exact) mass is 581 g/mol. The standard InChI is InChI=1S/C31H43N5O6/c1-6-40-29-30(41-7-2)34-26-22(33-29)18-36(28(26)32)19-24(37)20-16-21(31(3,4)5)27(42-15-11-8-12-25(38)39)23(17-20)35-13-9-10-14-35/h16-17,32H,6-15,18-19H2,1-5H3,(H,38,39). The maximum Gasteiger partial charge on any atom is 0.303 e. The Morgan fingerprint density at radius 1 is 1.00 bits per heavy atom. The lowest BCUT2D eigenvalue weighted by atomic mass is 9.84. The summed E-state index contributed by atoms with van der Waals surface area (Å²) >= 11 is 0. The van der Waals surface area contributed by atoms with Crippen LogP contribution in [0.4, 0.5) is 5.69 Å². The number of carbonyl (C=O) groups is 2. The van der Waals surface area contributed by atoms with E-state index in [0.29, 0.717) is 55.5 Å². The quantitative estimate of drug-likeness (QED) is 0.236. The van der Waals surface area contributed by atoms with E-state index in [4.69, 9.17) is 24.7 Å². The van der Waals surface area contributed by atoms with Crippen LogP contribution in [0, 0.1) is 5.41 Å². The molecule has 1 aromatic carbocycles. The zero-order valence-corrected chi connectivity index (χ0v) is 25.4. The summed E-state index contributed by atoms with van der Waals surface area (Å²) in [4.78, 5) is 37.7. The highest BCUT2D eigenvalue weighted by Crippen LogP contribution is 2.42. The van der Waals surface area contributed by atoms with Gasteiger partial charge in [-0.2, -0.15) is 0 Å². The van der Waals surface area contributed by atoms with E-state index in [0.717, 1.165) is 42.9 Å². The average molecular weight is 582 g/mol. The maximum atomic E-state index is 13.8. The second-order valence-corrected chi connectivity index (χ2v) is 11.6. The van der Waals surface area contributed by atoms with Gasteiger partial charge >= 0.3 is 5.97 Å². The van der Waals surface area contributed by atoms with Crippen LogP contribution in [0.1, 0.15) is 94.0 Å². The Kier molecular flexibility index (Phi) is 9.90. The number of rotatable bonds is 14. The number of anilines is 1. The number of ether oxygens (including phenoxy) is 3. The molecule has 2 aliphatic rings. The van der Waals surface area contributed by atoms with Gasteiger partial charge in [0, 0.05) is 30.6 Å². The predicted octanol–water partition coefficient (Wildman–Crippen LogP) is 4.83. The third kappa shape index (κ3) is 7.11. The molecule has 0 spiro atoms. The van der Waals surface area contributed by atoms with E-state index in [2.05, 4.69) is 35.6 Å². The van der Waals surface area contributed by atoms with Crippen molar-refractivity contribution < 1.29 is 28.9 Å². The first-order valence-corrected chi connectivity index (χ1v) is 14.8. The first-order valence-electron chi connectivity index (χ1n) is 14.8. The Morgan fingerprint density at radius 3 is 2.29 bits per heavy atom. The SMILES string of the molecule is CCOc1nc2c(nc1OCC)C(=N)N(CC(=O)c1cc(N3CCCC3)c(OCCCCC(=O)O)c(C(C)(C)C)c1)C2. The zero-order chi connectivity index (χ0) is 30.4. The molecule has 4 rings (SSSR count). The molecule has 0 radical (unpaired) electrons. The van der Waals surface area contributed by atoms with Gasteiger partial charge in [-0.15, -0.1) is 0 Å². The number of hydrogen-bond donors (Lipinski definition) is 2. The Labute approximate surface area is 247 Å². The van der Waals surface area contributed by atoms with Crippen molar-refractivity contribution in [3.05, 3.63) is 34.6 Å². The van der Waals surface area contributed by atoms with E-state index in [1.165, 1.54) is 0 Å². The molecule has 0 atom stereocenters. The van der Waals surface area contributed by atoms with E-state index in [1.54, 1.807) is 4.90 Å². The molecule has 11 heteroatoms. The third-order valence-corrected chi connectivity index (χ3v) is 7.36. The Morgan fingerprint density at radius 2 is 1.67 bits per heavy atom. The minimum absolute atomic E-state index is 0.00320. The van der Waals surface area contributed by atoms with E-state index < -0.39 is 5.97 Å². The van der Waals surface area contributed by atoms with Gasteiger partial charge in [0.05, 0.1) is 44.3 Å².